The van der Waals surface area contributed by atoms with Gasteiger partial charge < -0.3 is 16.4 Å². The zero-order valence-electron chi connectivity index (χ0n) is 9.91. The number of hydrogen-bond acceptors (Lipinski definition) is 4. The fourth-order valence-corrected chi connectivity index (χ4v) is 1.58. The van der Waals surface area contributed by atoms with Gasteiger partial charge in [-0.05, 0) is 25.4 Å². The molecule has 0 radical (unpaired) electrons. The third kappa shape index (κ3) is 7.53. The first-order valence-corrected chi connectivity index (χ1v) is 6.80. The highest BCUT2D eigenvalue weighted by atomic mass is 32.2. The maximum atomic E-state index is 11.4. The molecule has 0 aromatic rings. The average molecular weight is 247 g/mol. The standard InChI is InChI=1S/C10H21N3O2S/c1-3-12-9(14)4-6-13-10(15)8(11)5-7-16-2/h8H,3-7,11H2,1-2H3,(H,12,14)(H,13,15)/t8-/m1/s1. The van der Waals surface area contributed by atoms with Gasteiger partial charge in [0.15, 0.2) is 0 Å². The van der Waals surface area contributed by atoms with Crippen LogP contribution in [0.25, 0.3) is 0 Å². The van der Waals surface area contributed by atoms with Gasteiger partial charge in [0.2, 0.25) is 11.8 Å². The Morgan fingerprint density at radius 1 is 1.38 bits per heavy atom. The Balaban J connectivity index is 3.60. The first kappa shape index (κ1) is 15.2. The van der Waals surface area contributed by atoms with Crippen LogP contribution in [-0.4, -0.2) is 43.0 Å². The van der Waals surface area contributed by atoms with Gasteiger partial charge in [-0.2, -0.15) is 11.8 Å². The third-order valence-corrected chi connectivity index (χ3v) is 2.64. The van der Waals surface area contributed by atoms with Crippen LogP contribution in [0.15, 0.2) is 0 Å². The first-order chi connectivity index (χ1) is 7.61. The molecule has 6 heteroatoms. The highest BCUT2D eigenvalue weighted by molar-refractivity contribution is 7.98. The Hall–Kier alpha value is -0.750. The van der Waals surface area contributed by atoms with Crippen LogP contribution >= 0.6 is 11.8 Å². The Bertz CT molecular complexity index is 224. The van der Waals surface area contributed by atoms with E-state index >= 15 is 0 Å². The number of rotatable bonds is 8. The van der Waals surface area contributed by atoms with Crippen LogP contribution in [-0.2, 0) is 9.59 Å². The summed E-state index contributed by atoms with van der Waals surface area (Å²) in [7, 11) is 0. The predicted octanol–water partition coefficient (Wildman–Crippen LogP) is -0.291. The van der Waals surface area contributed by atoms with E-state index < -0.39 is 6.04 Å². The Kier molecular flexibility index (Phi) is 9.03. The molecule has 0 aromatic heterocycles. The molecule has 1 atom stereocenters. The highest BCUT2D eigenvalue weighted by Crippen LogP contribution is 1.98. The number of nitrogens with two attached hydrogens (primary N) is 1. The molecule has 0 heterocycles. The van der Waals surface area contributed by atoms with Crippen LogP contribution < -0.4 is 16.4 Å². The molecule has 0 aliphatic rings. The van der Waals surface area contributed by atoms with E-state index in [1.165, 1.54) is 0 Å². The van der Waals surface area contributed by atoms with Crippen molar-refractivity contribution in [1.29, 1.82) is 0 Å². The Labute approximate surface area is 101 Å². The maximum absolute atomic E-state index is 11.4. The van der Waals surface area contributed by atoms with E-state index in [1.807, 2.05) is 13.2 Å². The molecule has 2 amide bonds. The van der Waals surface area contributed by atoms with Gasteiger partial charge in [-0.25, -0.2) is 0 Å². The zero-order chi connectivity index (χ0) is 12.4. The van der Waals surface area contributed by atoms with Crippen molar-refractivity contribution in [2.24, 2.45) is 5.73 Å². The Morgan fingerprint density at radius 3 is 2.62 bits per heavy atom. The number of carbonyl (C=O) groups is 2. The van der Waals surface area contributed by atoms with E-state index in [1.54, 1.807) is 11.8 Å². The van der Waals surface area contributed by atoms with Crippen LogP contribution in [0.2, 0.25) is 0 Å². The predicted molar refractivity (Wildman–Crippen MR) is 67.3 cm³/mol. The normalized spacial score (nSPS) is 11.9. The van der Waals surface area contributed by atoms with E-state index in [9.17, 15) is 9.59 Å². The van der Waals surface area contributed by atoms with Gasteiger partial charge in [-0.15, -0.1) is 0 Å². The molecule has 0 aromatic carbocycles. The van der Waals surface area contributed by atoms with E-state index in [0.29, 0.717) is 25.9 Å². The van der Waals surface area contributed by atoms with Gasteiger partial charge >= 0.3 is 0 Å². The summed E-state index contributed by atoms with van der Waals surface area (Å²) in [4.78, 5) is 22.5. The number of carbonyl (C=O) groups excluding carboxylic acids is 2. The smallest absolute Gasteiger partial charge is 0.236 e. The number of nitrogens with one attached hydrogen (secondary N) is 2. The fraction of sp³-hybridized carbons (Fsp3) is 0.800. The SMILES string of the molecule is CCNC(=O)CCNC(=O)[C@H](N)CCSC. The van der Waals surface area contributed by atoms with Gasteiger partial charge in [0.25, 0.3) is 0 Å². The molecule has 0 aliphatic carbocycles. The lowest BCUT2D eigenvalue weighted by Gasteiger charge is -2.11. The Morgan fingerprint density at radius 2 is 2.06 bits per heavy atom. The van der Waals surface area contributed by atoms with Crippen LogP contribution in [0.4, 0.5) is 0 Å². The minimum absolute atomic E-state index is 0.0551. The lowest BCUT2D eigenvalue weighted by atomic mass is 10.2. The summed E-state index contributed by atoms with van der Waals surface area (Å²) in [6.07, 6.45) is 2.93. The fourth-order valence-electron chi connectivity index (χ4n) is 1.09. The van der Waals surface area contributed by atoms with E-state index in [-0.39, 0.29) is 11.8 Å². The summed E-state index contributed by atoms with van der Waals surface area (Å²) in [5.74, 6) is 0.629. The quantitative estimate of drug-likeness (QED) is 0.550. The van der Waals surface area contributed by atoms with Crippen molar-refractivity contribution in [2.75, 3.05) is 25.1 Å². The van der Waals surface area contributed by atoms with Crippen molar-refractivity contribution in [3.8, 4) is 0 Å². The van der Waals surface area contributed by atoms with Crippen LogP contribution in [0.1, 0.15) is 19.8 Å². The second-order valence-corrected chi connectivity index (χ2v) is 4.37. The van der Waals surface area contributed by atoms with Crippen LogP contribution in [0, 0.1) is 0 Å². The van der Waals surface area contributed by atoms with Crippen molar-refractivity contribution in [2.45, 2.75) is 25.8 Å². The maximum Gasteiger partial charge on any atom is 0.236 e. The molecule has 0 fully saturated rings. The van der Waals surface area contributed by atoms with Crippen molar-refractivity contribution < 1.29 is 9.59 Å². The van der Waals surface area contributed by atoms with Crippen molar-refractivity contribution in [3.05, 3.63) is 0 Å². The van der Waals surface area contributed by atoms with Gasteiger partial charge in [0.05, 0.1) is 6.04 Å². The molecule has 0 aliphatic heterocycles. The monoisotopic (exact) mass is 247 g/mol. The first-order valence-electron chi connectivity index (χ1n) is 5.40. The molecule has 94 valence electrons. The molecule has 0 bridgehead atoms. The molecular formula is C10H21N3O2S. The highest BCUT2D eigenvalue weighted by Gasteiger charge is 2.12. The molecule has 16 heavy (non-hydrogen) atoms. The van der Waals surface area contributed by atoms with Crippen molar-refractivity contribution in [3.63, 3.8) is 0 Å². The molecule has 5 nitrogen and oxygen atoms in total. The molecule has 0 saturated heterocycles. The summed E-state index contributed by atoms with van der Waals surface area (Å²) in [5, 5.41) is 5.30. The zero-order valence-corrected chi connectivity index (χ0v) is 10.7. The van der Waals surface area contributed by atoms with E-state index in [4.69, 9.17) is 5.73 Å². The second kappa shape index (κ2) is 9.47. The van der Waals surface area contributed by atoms with E-state index in [2.05, 4.69) is 10.6 Å². The summed E-state index contributed by atoms with van der Waals surface area (Å²) in [6.45, 7) is 2.81. The topological polar surface area (TPSA) is 84.2 Å². The van der Waals surface area contributed by atoms with Crippen molar-refractivity contribution in [1.82, 2.24) is 10.6 Å². The van der Waals surface area contributed by atoms with Gasteiger partial charge in [-0.1, -0.05) is 0 Å². The summed E-state index contributed by atoms with van der Waals surface area (Å²) in [6, 6.07) is -0.471. The molecule has 0 spiro atoms. The van der Waals surface area contributed by atoms with Gasteiger partial charge in [-0.3, -0.25) is 9.59 Å². The van der Waals surface area contributed by atoms with Gasteiger partial charge in [0.1, 0.15) is 0 Å². The second-order valence-electron chi connectivity index (χ2n) is 3.38. The number of hydrogen-bond donors (Lipinski definition) is 3. The van der Waals surface area contributed by atoms with Crippen LogP contribution in [0.5, 0.6) is 0 Å². The third-order valence-electron chi connectivity index (χ3n) is 1.99. The molecular weight excluding hydrogens is 226 g/mol. The van der Waals surface area contributed by atoms with E-state index in [0.717, 1.165) is 5.75 Å². The largest absolute Gasteiger partial charge is 0.356 e. The molecule has 0 unspecified atom stereocenters. The number of thioether (sulfide) groups is 1. The summed E-state index contributed by atoms with van der Waals surface area (Å²) in [5.41, 5.74) is 5.65. The average Bonchev–Trinajstić information content (AvgIpc) is 2.26. The van der Waals surface area contributed by atoms with Gasteiger partial charge in [0, 0.05) is 19.5 Å². The minimum Gasteiger partial charge on any atom is -0.356 e. The molecule has 0 saturated carbocycles. The molecule has 4 N–H and O–H groups in total. The van der Waals surface area contributed by atoms with Crippen molar-refractivity contribution >= 4 is 23.6 Å². The minimum atomic E-state index is -0.471. The lowest BCUT2D eigenvalue weighted by molar-refractivity contribution is -0.123. The number of amides is 2. The van der Waals surface area contributed by atoms with Crippen LogP contribution in [0.3, 0.4) is 0 Å². The lowest BCUT2D eigenvalue weighted by Crippen LogP contribution is -2.42. The summed E-state index contributed by atoms with van der Waals surface area (Å²) < 4.78 is 0. The molecule has 0 rings (SSSR count). The summed E-state index contributed by atoms with van der Waals surface area (Å²) >= 11 is 1.66.